The lowest BCUT2D eigenvalue weighted by Crippen LogP contribution is -2.19. The first kappa shape index (κ1) is 14.1. The molecule has 3 rings (SSSR count). The van der Waals surface area contributed by atoms with Crippen LogP contribution in [0.2, 0.25) is 5.02 Å². The molecule has 1 aliphatic rings. The Balaban J connectivity index is 2.05. The Kier molecular flexibility index (Phi) is 3.68. The number of hydrogen-bond acceptors (Lipinski definition) is 2. The molecule has 0 fully saturated rings. The Labute approximate surface area is 128 Å². The van der Waals surface area contributed by atoms with E-state index in [2.05, 4.69) is 4.98 Å². The van der Waals surface area contributed by atoms with E-state index >= 15 is 0 Å². The summed E-state index contributed by atoms with van der Waals surface area (Å²) in [5.41, 5.74) is 4.54. The van der Waals surface area contributed by atoms with Crippen molar-refractivity contribution >= 4 is 17.6 Å². The predicted molar refractivity (Wildman–Crippen MR) is 82.7 cm³/mol. The van der Waals surface area contributed by atoms with Crippen LogP contribution in [0, 0.1) is 6.92 Å². The number of aryl methyl sites for hydroxylation is 2. The first-order valence-corrected chi connectivity index (χ1v) is 7.43. The van der Waals surface area contributed by atoms with Crippen molar-refractivity contribution < 1.29 is 9.90 Å². The van der Waals surface area contributed by atoms with E-state index in [0.29, 0.717) is 11.4 Å². The lowest BCUT2D eigenvalue weighted by atomic mass is 9.85. The molecule has 1 aromatic carbocycles. The van der Waals surface area contributed by atoms with E-state index in [4.69, 9.17) is 11.6 Å². The summed E-state index contributed by atoms with van der Waals surface area (Å²) in [5, 5.41) is 9.97. The number of rotatable bonds is 2. The fourth-order valence-corrected chi connectivity index (χ4v) is 3.23. The van der Waals surface area contributed by atoms with Gasteiger partial charge >= 0.3 is 5.97 Å². The molecule has 0 amide bonds. The van der Waals surface area contributed by atoms with E-state index in [9.17, 15) is 9.90 Å². The number of pyridine rings is 1. The van der Waals surface area contributed by atoms with Gasteiger partial charge in [-0.05, 0) is 49.4 Å². The van der Waals surface area contributed by atoms with Gasteiger partial charge in [-0.25, -0.2) is 0 Å². The van der Waals surface area contributed by atoms with Crippen molar-refractivity contribution in [3.05, 3.63) is 52.2 Å². The largest absolute Gasteiger partial charge is 0.481 e. The van der Waals surface area contributed by atoms with Gasteiger partial charge in [-0.3, -0.25) is 9.78 Å². The van der Waals surface area contributed by atoms with Gasteiger partial charge in [0.1, 0.15) is 0 Å². The summed E-state index contributed by atoms with van der Waals surface area (Å²) in [4.78, 5) is 16.0. The molecule has 0 radical (unpaired) electrons. The number of benzene rings is 1. The fraction of sp³-hybridized carbons (Fsp3) is 0.294. The van der Waals surface area contributed by atoms with E-state index in [1.807, 2.05) is 37.3 Å². The van der Waals surface area contributed by atoms with Crippen LogP contribution in [0.4, 0.5) is 0 Å². The zero-order valence-electron chi connectivity index (χ0n) is 11.8. The molecule has 1 aliphatic carbocycles. The number of carbonyl (C=O) groups is 1. The van der Waals surface area contributed by atoms with Gasteiger partial charge in [-0.2, -0.15) is 0 Å². The first-order valence-electron chi connectivity index (χ1n) is 7.05. The average Bonchev–Trinajstić information content (AvgIpc) is 2.46. The lowest BCUT2D eigenvalue weighted by Gasteiger charge is -2.22. The van der Waals surface area contributed by atoms with Crippen LogP contribution in [0.25, 0.3) is 11.3 Å². The highest BCUT2D eigenvalue weighted by atomic mass is 35.5. The highest BCUT2D eigenvalue weighted by molar-refractivity contribution is 6.33. The molecular formula is C17H16ClNO2. The maximum atomic E-state index is 11.3. The minimum Gasteiger partial charge on any atom is -0.481 e. The molecule has 1 aromatic heterocycles. The number of halogens is 1. The third-order valence-corrected chi connectivity index (χ3v) is 4.30. The number of carboxylic acids is 1. The average molecular weight is 302 g/mol. The molecular weight excluding hydrogens is 286 g/mol. The quantitative estimate of drug-likeness (QED) is 0.903. The maximum Gasteiger partial charge on any atom is 0.311 e. The predicted octanol–water partition coefficient (Wildman–Crippen LogP) is 4.21. The van der Waals surface area contributed by atoms with Crippen LogP contribution >= 0.6 is 11.6 Å². The van der Waals surface area contributed by atoms with Crippen molar-refractivity contribution in [2.45, 2.75) is 32.1 Å². The molecule has 0 aliphatic heterocycles. The highest BCUT2D eigenvalue weighted by Crippen LogP contribution is 2.34. The topological polar surface area (TPSA) is 50.2 Å². The standard InChI is InChI=1S/C17H16ClNO2/c1-10-5-6-13(14(18)9-10)16-8-7-11-12(17(20)21)3-2-4-15(11)19-16/h5-9,12H,2-4H2,1H3,(H,20,21). The molecule has 0 spiro atoms. The summed E-state index contributed by atoms with van der Waals surface area (Å²) < 4.78 is 0. The van der Waals surface area contributed by atoms with Gasteiger partial charge in [0, 0.05) is 11.3 Å². The zero-order valence-corrected chi connectivity index (χ0v) is 12.5. The van der Waals surface area contributed by atoms with Crippen LogP contribution in [0.1, 0.15) is 35.6 Å². The SMILES string of the molecule is Cc1ccc(-c2ccc3c(n2)CCCC3C(=O)O)c(Cl)c1. The van der Waals surface area contributed by atoms with Crippen LogP contribution in [-0.2, 0) is 11.2 Å². The van der Waals surface area contributed by atoms with Gasteiger partial charge in [0.25, 0.3) is 0 Å². The van der Waals surface area contributed by atoms with Crippen LogP contribution < -0.4 is 0 Å². The summed E-state index contributed by atoms with van der Waals surface area (Å²) in [5.74, 6) is -1.19. The summed E-state index contributed by atoms with van der Waals surface area (Å²) in [6, 6.07) is 9.65. The van der Waals surface area contributed by atoms with Gasteiger partial charge in [-0.15, -0.1) is 0 Å². The van der Waals surface area contributed by atoms with Crippen molar-refractivity contribution in [1.29, 1.82) is 0 Å². The molecule has 1 unspecified atom stereocenters. The van der Waals surface area contributed by atoms with Crippen molar-refractivity contribution in [3.63, 3.8) is 0 Å². The minimum absolute atomic E-state index is 0.427. The molecule has 21 heavy (non-hydrogen) atoms. The Bertz CT molecular complexity index is 712. The normalized spacial score (nSPS) is 17.3. The summed E-state index contributed by atoms with van der Waals surface area (Å²) in [7, 11) is 0. The number of aromatic nitrogens is 1. The van der Waals surface area contributed by atoms with E-state index in [1.165, 1.54) is 0 Å². The van der Waals surface area contributed by atoms with Crippen molar-refractivity contribution in [3.8, 4) is 11.3 Å². The number of hydrogen-bond donors (Lipinski definition) is 1. The molecule has 4 heteroatoms. The third-order valence-electron chi connectivity index (χ3n) is 3.99. The van der Waals surface area contributed by atoms with Crippen molar-refractivity contribution in [1.82, 2.24) is 4.98 Å². The van der Waals surface area contributed by atoms with E-state index in [1.54, 1.807) is 0 Å². The zero-order chi connectivity index (χ0) is 15.0. The van der Waals surface area contributed by atoms with Gasteiger partial charge in [0.05, 0.1) is 16.6 Å². The van der Waals surface area contributed by atoms with Crippen LogP contribution in [-0.4, -0.2) is 16.1 Å². The van der Waals surface area contributed by atoms with Crippen LogP contribution in [0.3, 0.4) is 0 Å². The Morgan fingerprint density at radius 1 is 1.33 bits per heavy atom. The molecule has 1 heterocycles. The number of carboxylic acid groups (broad SMARTS) is 1. The monoisotopic (exact) mass is 301 g/mol. The second kappa shape index (κ2) is 5.49. The molecule has 0 saturated heterocycles. The second-order valence-electron chi connectivity index (χ2n) is 5.50. The van der Waals surface area contributed by atoms with Gasteiger partial charge < -0.3 is 5.11 Å². The first-order chi connectivity index (χ1) is 10.1. The molecule has 2 aromatic rings. The molecule has 0 saturated carbocycles. The number of fused-ring (bicyclic) bond motifs is 1. The molecule has 3 nitrogen and oxygen atoms in total. The molecule has 1 N–H and O–H groups in total. The smallest absolute Gasteiger partial charge is 0.311 e. The number of aliphatic carboxylic acids is 1. The van der Waals surface area contributed by atoms with E-state index < -0.39 is 11.9 Å². The second-order valence-corrected chi connectivity index (χ2v) is 5.91. The van der Waals surface area contributed by atoms with Crippen molar-refractivity contribution in [2.75, 3.05) is 0 Å². The fourth-order valence-electron chi connectivity index (χ4n) is 2.89. The van der Waals surface area contributed by atoms with Crippen molar-refractivity contribution in [2.24, 2.45) is 0 Å². The summed E-state index contributed by atoms with van der Waals surface area (Å²) >= 11 is 6.29. The van der Waals surface area contributed by atoms with Crippen LogP contribution in [0.15, 0.2) is 30.3 Å². The van der Waals surface area contributed by atoms with Gasteiger partial charge in [-0.1, -0.05) is 29.8 Å². The molecule has 108 valence electrons. The highest BCUT2D eigenvalue weighted by Gasteiger charge is 2.27. The van der Waals surface area contributed by atoms with Gasteiger partial charge in [0.2, 0.25) is 0 Å². The van der Waals surface area contributed by atoms with Crippen LogP contribution in [0.5, 0.6) is 0 Å². The Hall–Kier alpha value is -1.87. The lowest BCUT2D eigenvalue weighted by molar-refractivity contribution is -0.139. The molecule has 0 bridgehead atoms. The molecule has 1 atom stereocenters. The minimum atomic E-state index is -0.765. The number of nitrogens with zero attached hydrogens (tertiary/aromatic N) is 1. The Morgan fingerprint density at radius 2 is 2.14 bits per heavy atom. The maximum absolute atomic E-state index is 11.3. The summed E-state index contributed by atoms with van der Waals surface area (Å²) in [6.07, 6.45) is 2.38. The Morgan fingerprint density at radius 3 is 2.86 bits per heavy atom. The summed E-state index contributed by atoms with van der Waals surface area (Å²) in [6.45, 7) is 1.99. The van der Waals surface area contributed by atoms with E-state index in [0.717, 1.165) is 40.9 Å². The van der Waals surface area contributed by atoms with E-state index in [-0.39, 0.29) is 0 Å². The third kappa shape index (κ3) is 2.66. The van der Waals surface area contributed by atoms with Gasteiger partial charge in [0.15, 0.2) is 0 Å².